The van der Waals surface area contributed by atoms with Gasteiger partial charge in [0.15, 0.2) is 17.6 Å². The number of nitrogens with one attached hydrogen (secondary N) is 1. The van der Waals surface area contributed by atoms with Crippen molar-refractivity contribution in [2.45, 2.75) is 19.1 Å². The Morgan fingerprint density at radius 3 is 2.69 bits per heavy atom. The lowest BCUT2D eigenvalue weighted by atomic mass is 10.1. The zero-order valence-corrected chi connectivity index (χ0v) is 14.1. The average molecular weight is 351 g/mol. The zero-order chi connectivity index (χ0) is 18.1. The third kappa shape index (κ3) is 2.90. The molecule has 1 aliphatic rings. The standard InChI is InChI=1S/C20H17NO5/c1-12(19(22)14-10-21-15-7-3-2-6-13(14)15)25-20(23)18-11-24-16-8-4-5-9-17(16)26-18/h2-10,12,18,21H,11H2,1H3. The van der Waals surface area contributed by atoms with Crippen LogP contribution in [0.25, 0.3) is 10.9 Å². The number of hydrogen-bond donors (Lipinski definition) is 1. The Labute approximate surface area is 149 Å². The number of fused-ring (bicyclic) bond motifs is 2. The number of rotatable bonds is 4. The van der Waals surface area contributed by atoms with Crippen molar-refractivity contribution < 1.29 is 23.8 Å². The number of para-hydroxylation sites is 3. The van der Waals surface area contributed by atoms with Gasteiger partial charge in [-0.15, -0.1) is 0 Å². The van der Waals surface area contributed by atoms with Gasteiger partial charge in [-0.05, 0) is 25.1 Å². The van der Waals surface area contributed by atoms with E-state index in [1.165, 1.54) is 0 Å². The number of carbonyl (C=O) groups excluding carboxylic acids is 2. The molecule has 2 unspecified atom stereocenters. The van der Waals surface area contributed by atoms with Crippen LogP contribution in [0.4, 0.5) is 0 Å². The van der Waals surface area contributed by atoms with Gasteiger partial charge < -0.3 is 19.2 Å². The first-order valence-corrected chi connectivity index (χ1v) is 8.33. The molecule has 1 aromatic heterocycles. The fourth-order valence-corrected chi connectivity index (χ4v) is 2.93. The Balaban J connectivity index is 1.45. The molecule has 1 aliphatic heterocycles. The summed E-state index contributed by atoms with van der Waals surface area (Å²) in [5.41, 5.74) is 1.35. The van der Waals surface area contributed by atoms with E-state index in [-0.39, 0.29) is 12.4 Å². The molecule has 6 heteroatoms. The van der Waals surface area contributed by atoms with Crippen LogP contribution in [-0.2, 0) is 9.53 Å². The van der Waals surface area contributed by atoms with Crippen LogP contribution < -0.4 is 9.47 Å². The first kappa shape index (κ1) is 16.2. The molecule has 1 N–H and O–H groups in total. The highest BCUT2D eigenvalue weighted by atomic mass is 16.6. The second-order valence-corrected chi connectivity index (χ2v) is 6.06. The molecule has 0 radical (unpaired) electrons. The monoisotopic (exact) mass is 351 g/mol. The SMILES string of the molecule is CC(OC(=O)C1COc2ccccc2O1)C(=O)c1c[nH]c2ccccc12. The van der Waals surface area contributed by atoms with E-state index in [0.717, 1.165) is 10.9 Å². The molecule has 2 heterocycles. The topological polar surface area (TPSA) is 77.6 Å². The van der Waals surface area contributed by atoms with E-state index >= 15 is 0 Å². The molecule has 0 saturated carbocycles. The maximum atomic E-state index is 12.7. The van der Waals surface area contributed by atoms with Crippen LogP contribution in [0.3, 0.4) is 0 Å². The van der Waals surface area contributed by atoms with E-state index in [2.05, 4.69) is 4.98 Å². The van der Waals surface area contributed by atoms with Gasteiger partial charge in [0, 0.05) is 22.7 Å². The van der Waals surface area contributed by atoms with Crippen LogP contribution in [0.1, 0.15) is 17.3 Å². The summed E-state index contributed by atoms with van der Waals surface area (Å²) in [7, 11) is 0. The smallest absolute Gasteiger partial charge is 0.351 e. The minimum absolute atomic E-state index is 0.0455. The fourth-order valence-electron chi connectivity index (χ4n) is 2.93. The Kier molecular flexibility index (Phi) is 4.08. The van der Waals surface area contributed by atoms with Crippen molar-refractivity contribution in [2.24, 2.45) is 0 Å². The van der Waals surface area contributed by atoms with Gasteiger partial charge in [-0.25, -0.2) is 4.79 Å². The van der Waals surface area contributed by atoms with E-state index in [1.54, 1.807) is 31.3 Å². The van der Waals surface area contributed by atoms with Crippen LogP contribution >= 0.6 is 0 Å². The van der Waals surface area contributed by atoms with Gasteiger partial charge >= 0.3 is 5.97 Å². The summed E-state index contributed by atoms with van der Waals surface area (Å²) < 4.78 is 16.5. The van der Waals surface area contributed by atoms with Gasteiger partial charge in [-0.1, -0.05) is 30.3 Å². The summed E-state index contributed by atoms with van der Waals surface area (Å²) in [5, 5.41) is 0.798. The number of ether oxygens (including phenoxy) is 3. The van der Waals surface area contributed by atoms with E-state index in [1.807, 2.05) is 30.3 Å². The molecule has 4 rings (SSSR count). The predicted molar refractivity (Wildman–Crippen MR) is 94.5 cm³/mol. The molecule has 0 fully saturated rings. The van der Waals surface area contributed by atoms with Crippen LogP contribution in [-0.4, -0.2) is 35.6 Å². The van der Waals surface area contributed by atoms with Gasteiger partial charge in [-0.2, -0.15) is 0 Å². The van der Waals surface area contributed by atoms with Crippen molar-refractivity contribution in [3.05, 3.63) is 60.3 Å². The Hall–Kier alpha value is -3.28. The summed E-state index contributed by atoms with van der Waals surface area (Å²) in [6.07, 6.45) is -0.195. The van der Waals surface area contributed by atoms with E-state index in [9.17, 15) is 9.59 Å². The first-order chi connectivity index (χ1) is 12.6. The van der Waals surface area contributed by atoms with E-state index in [4.69, 9.17) is 14.2 Å². The molecule has 0 amide bonds. The number of aromatic amines is 1. The molecule has 132 valence electrons. The van der Waals surface area contributed by atoms with Crippen LogP contribution in [0.2, 0.25) is 0 Å². The lowest BCUT2D eigenvalue weighted by Crippen LogP contribution is -2.40. The largest absolute Gasteiger partial charge is 0.485 e. The quantitative estimate of drug-likeness (QED) is 0.577. The molecule has 6 nitrogen and oxygen atoms in total. The molecule has 0 aliphatic carbocycles. The fraction of sp³-hybridized carbons (Fsp3) is 0.200. The van der Waals surface area contributed by atoms with Crippen molar-refractivity contribution in [1.82, 2.24) is 4.98 Å². The normalized spacial score (nSPS) is 16.9. The first-order valence-electron chi connectivity index (χ1n) is 8.33. The zero-order valence-electron chi connectivity index (χ0n) is 14.1. The lowest BCUT2D eigenvalue weighted by Gasteiger charge is -2.25. The van der Waals surface area contributed by atoms with Crippen LogP contribution in [0.5, 0.6) is 11.5 Å². The highest BCUT2D eigenvalue weighted by Crippen LogP contribution is 2.31. The maximum Gasteiger partial charge on any atom is 0.351 e. The second-order valence-electron chi connectivity index (χ2n) is 6.06. The number of hydrogen-bond acceptors (Lipinski definition) is 5. The Morgan fingerprint density at radius 2 is 1.85 bits per heavy atom. The number of benzene rings is 2. The number of aromatic nitrogens is 1. The van der Waals surface area contributed by atoms with Gasteiger partial charge in [0.05, 0.1) is 0 Å². The van der Waals surface area contributed by atoms with Gasteiger partial charge in [0.1, 0.15) is 6.61 Å². The third-order valence-corrected chi connectivity index (χ3v) is 4.29. The van der Waals surface area contributed by atoms with E-state index < -0.39 is 18.2 Å². The maximum absolute atomic E-state index is 12.7. The van der Waals surface area contributed by atoms with Gasteiger partial charge in [-0.3, -0.25) is 4.79 Å². The van der Waals surface area contributed by atoms with Crippen LogP contribution in [0.15, 0.2) is 54.7 Å². The lowest BCUT2D eigenvalue weighted by molar-refractivity contribution is -0.157. The molecule has 2 aromatic carbocycles. The third-order valence-electron chi connectivity index (χ3n) is 4.29. The minimum atomic E-state index is -0.928. The molecule has 2 atom stereocenters. The Morgan fingerprint density at radius 1 is 1.12 bits per heavy atom. The van der Waals surface area contributed by atoms with Crippen molar-refractivity contribution in [3.8, 4) is 11.5 Å². The van der Waals surface area contributed by atoms with Crippen molar-refractivity contribution in [3.63, 3.8) is 0 Å². The summed E-state index contributed by atoms with van der Waals surface area (Å²) in [6.45, 7) is 1.60. The minimum Gasteiger partial charge on any atom is -0.485 e. The number of H-pyrrole nitrogens is 1. The molecule has 0 bridgehead atoms. The van der Waals surface area contributed by atoms with E-state index in [0.29, 0.717) is 17.1 Å². The summed E-state index contributed by atoms with van der Waals surface area (Å²) in [6, 6.07) is 14.6. The summed E-state index contributed by atoms with van der Waals surface area (Å²) in [5.74, 6) is 0.170. The molecule has 0 saturated heterocycles. The average Bonchev–Trinajstić information content (AvgIpc) is 3.11. The number of esters is 1. The number of carbonyl (C=O) groups is 2. The van der Waals surface area contributed by atoms with Gasteiger partial charge in [0.25, 0.3) is 0 Å². The summed E-state index contributed by atoms with van der Waals surface area (Å²) in [4.78, 5) is 28.1. The second kappa shape index (κ2) is 6.55. The predicted octanol–water partition coefficient (Wildman–Crippen LogP) is 3.12. The van der Waals surface area contributed by atoms with Crippen molar-refractivity contribution >= 4 is 22.7 Å². The highest BCUT2D eigenvalue weighted by molar-refractivity contribution is 6.10. The molecule has 0 spiro atoms. The highest BCUT2D eigenvalue weighted by Gasteiger charge is 2.31. The van der Waals surface area contributed by atoms with Crippen molar-refractivity contribution in [2.75, 3.05) is 6.61 Å². The number of ketones is 1. The van der Waals surface area contributed by atoms with Crippen molar-refractivity contribution in [1.29, 1.82) is 0 Å². The van der Waals surface area contributed by atoms with Gasteiger partial charge in [0.2, 0.25) is 11.9 Å². The summed E-state index contributed by atoms with van der Waals surface area (Å²) >= 11 is 0. The molecular formula is C20H17NO5. The Bertz CT molecular complexity index is 977. The molecular weight excluding hydrogens is 334 g/mol. The molecule has 3 aromatic rings. The number of Topliss-reactive ketones (excluding diaryl/α,β-unsaturated/α-hetero) is 1. The molecule has 26 heavy (non-hydrogen) atoms. The van der Waals surface area contributed by atoms with Crippen LogP contribution in [0, 0.1) is 0 Å².